The van der Waals surface area contributed by atoms with Crippen LogP contribution in [-0.2, 0) is 14.3 Å². The summed E-state index contributed by atoms with van der Waals surface area (Å²) in [6.07, 6.45) is -0.299. The molecule has 6 N–H and O–H groups in total. The Labute approximate surface area is 116 Å². The molecule has 1 rings (SSSR count). The van der Waals surface area contributed by atoms with E-state index in [1.807, 2.05) is 0 Å². The Kier molecular flexibility index (Phi) is 6.08. The van der Waals surface area contributed by atoms with Crippen LogP contribution in [0.5, 0.6) is 0 Å². The highest BCUT2D eigenvalue weighted by molar-refractivity contribution is 5.87. The average Bonchev–Trinajstić information content (AvgIpc) is 2.38. The summed E-state index contributed by atoms with van der Waals surface area (Å²) in [6.45, 7) is 0.685. The largest absolute Gasteiger partial charge is 0.478 e. The lowest BCUT2D eigenvalue weighted by Gasteiger charge is -2.35. The van der Waals surface area contributed by atoms with E-state index in [9.17, 15) is 14.7 Å². The van der Waals surface area contributed by atoms with Gasteiger partial charge in [0.2, 0.25) is 5.91 Å². The number of hydrogen-bond acceptors (Lipinski definition) is 6. The number of aliphatic hydroxyl groups is 2. The van der Waals surface area contributed by atoms with Crippen LogP contribution in [0, 0.1) is 0 Å². The van der Waals surface area contributed by atoms with Crippen molar-refractivity contribution >= 4 is 11.9 Å². The molecule has 0 radical (unpaired) electrons. The van der Waals surface area contributed by atoms with Gasteiger partial charge in [0, 0.05) is 25.0 Å². The zero-order valence-corrected chi connectivity index (χ0v) is 11.2. The van der Waals surface area contributed by atoms with Gasteiger partial charge in [-0.25, -0.2) is 4.79 Å². The molecule has 1 aliphatic rings. The van der Waals surface area contributed by atoms with Crippen LogP contribution in [0.25, 0.3) is 0 Å². The molecule has 8 nitrogen and oxygen atoms in total. The molecule has 0 aromatic carbocycles. The normalized spacial score (nSPS) is 27.6. The number of hydrogen-bond donors (Lipinski definition) is 5. The fourth-order valence-electron chi connectivity index (χ4n) is 2.03. The van der Waals surface area contributed by atoms with Gasteiger partial charge in [-0.3, -0.25) is 4.79 Å². The third-order valence-electron chi connectivity index (χ3n) is 2.99. The monoisotopic (exact) mass is 288 g/mol. The van der Waals surface area contributed by atoms with E-state index in [1.54, 1.807) is 0 Å². The number of nitrogens with one attached hydrogen (secondary N) is 1. The Morgan fingerprint density at radius 3 is 2.75 bits per heavy atom. The fraction of sp³-hybridized carbons (Fsp3) is 0.667. The molecule has 1 amide bonds. The van der Waals surface area contributed by atoms with Gasteiger partial charge in [0.1, 0.15) is 6.10 Å². The second-order valence-corrected chi connectivity index (χ2v) is 4.71. The zero-order chi connectivity index (χ0) is 15.3. The Morgan fingerprint density at radius 1 is 1.60 bits per heavy atom. The van der Waals surface area contributed by atoms with Crippen molar-refractivity contribution in [1.82, 2.24) is 5.32 Å². The number of aliphatic carboxylic acids is 1. The first-order chi connectivity index (χ1) is 9.35. The van der Waals surface area contributed by atoms with Crippen molar-refractivity contribution < 1.29 is 29.6 Å². The van der Waals surface area contributed by atoms with Gasteiger partial charge in [-0.15, -0.1) is 0 Å². The maximum absolute atomic E-state index is 11.2. The van der Waals surface area contributed by atoms with Gasteiger partial charge in [0.15, 0.2) is 0 Å². The van der Waals surface area contributed by atoms with E-state index < -0.39 is 36.9 Å². The van der Waals surface area contributed by atoms with Gasteiger partial charge in [-0.05, 0) is 0 Å². The number of carboxylic acids is 1. The minimum atomic E-state index is -1.10. The zero-order valence-electron chi connectivity index (χ0n) is 11.2. The highest BCUT2D eigenvalue weighted by Gasteiger charge is 2.35. The number of aliphatic hydroxyl groups excluding tert-OH is 2. The summed E-state index contributed by atoms with van der Waals surface area (Å²) in [5.74, 6) is -1.41. The van der Waals surface area contributed by atoms with Crippen LogP contribution in [0.3, 0.4) is 0 Å². The molecular formula is C12H20N2O6. The standard InChI is InChI=1S/C12H20N2O6/c1-6(16)14-11-9(13)2-7(12(18)19)3-10(11)20-5-8(17)4-15/h2,8-11,15,17H,3-5,13H2,1H3,(H,14,16)(H,18,19)/t8?,9-,10+,11+/m0/s1. The SMILES string of the molecule is CC(=O)N[C@@H]1[C@@H](N)C=C(C(=O)O)C[C@H]1OCC(O)CO. The lowest BCUT2D eigenvalue weighted by atomic mass is 9.88. The molecule has 20 heavy (non-hydrogen) atoms. The molecular weight excluding hydrogens is 268 g/mol. The van der Waals surface area contributed by atoms with E-state index >= 15 is 0 Å². The van der Waals surface area contributed by atoms with Gasteiger partial charge in [-0.2, -0.15) is 0 Å². The maximum atomic E-state index is 11.2. The predicted octanol–water partition coefficient (Wildman–Crippen LogP) is -2.03. The minimum Gasteiger partial charge on any atom is -0.478 e. The smallest absolute Gasteiger partial charge is 0.331 e. The molecule has 1 unspecified atom stereocenters. The van der Waals surface area contributed by atoms with E-state index in [2.05, 4.69) is 5.32 Å². The van der Waals surface area contributed by atoms with Crippen molar-refractivity contribution in [2.75, 3.05) is 13.2 Å². The summed E-state index contributed by atoms with van der Waals surface area (Å²) in [5.41, 5.74) is 5.94. The summed E-state index contributed by atoms with van der Waals surface area (Å²) >= 11 is 0. The molecule has 8 heteroatoms. The molecule has 0 saturated heterocycles. The first kappa shape index (κ1) is 16.6. The first-order valence-electron chi connectivity index (χ1n) is 6.22. The van der Waals surface area contributed by atoms with Gasteiger partial charge in [0.25, 0.3) is 0 Å². The Balaban J connectivity index is 2.81. The predicted molar refractivity (Wildman–Crippen MR) is 68.7 cm³/mol. The number of carboxylic acid groups (broad SMARTS) is 1. The molecule has 0 saturated carbocycles. The van der Waals surface area contributed by atoms with Crippen molar-refractivity contribution in [3.8, 4) is 0 Å². The summed E-state index contributed by atoms with van der Waals surface area (Å²) in [7, 11) is 0. The fourth-order valence-corrected chi connectivity index (χ4v) is 2.03. The van der Waals surface area contributed by atoms with Crippen molar-refractivity contribution in [2.24, 2.45) is 5.73 Å². The molecule has 0 spiro atoms. The van der Waals surface area contributed by atoms with Gasteiger partial charge < -0.3 is 31.1 Å². The van der Waals surface area contributed by atoms with E-state index in [0.29, 0.717) is 0 Å². The van der Waals surface area contributed by atoms with Crippen LogP contribution in [0.4, 0.5) is 0 Å². The molecule has 0 aromatic heterocycles. The number of rotatable bonds is 6. The quantitative estimate of drug-likeness (QED) is 0.379. The number of amides is 1. The minimum absolute atomic E-state index is 0.0616. The lowest BCUT2D eigenvalue weighted by molar-refractivity contribution is -0.133. The van der Waals surface area contributed by atoms with Crippen molar-refractivity contribution in [3.05, 3.63) is 11.6 Å². The number of ether oxygens (including phenoxy) is 1. The van der Waals surface area contributed by atoms with E-state index in [0.717, 1.165) is 0 Å². The number of carbonyl (C=O) groups is 2. The van der Waals surface area contributed by atoms with Crippen LogP contribution < -0.4 is 11.1 Å². The van der Waals surface area contributed by atoms with Gasteiger partial charge in [-0.1, -0.05) is 6.08 Å². The van der Waals surface area contributed by atoms with Crippen LogP contribution in [-0.4, -0.2) is 64.7 Å². The van der Waals surface area contributed by atoms with Crippen LogP contribution in [0.1, 0.15) is 13.3 Å². The van der Waals surface area contributed by atoms with Crippen LogP contribution in [0.2, 0.25) is 0 Å². The highest BCUT2D eigenvalue weighted by Crippen LogP contribution is 2.21. The van der Waals surface area contributed by atoms with E-state index in [4.69, 9.17) is 20.7 Å². The summed E-state index contributed by atoms with van der Waals surface area (Å²) in [6, 6.07) is -1.28. The van der Waals surface area contributed by atoms with Crippen LogP contribution in [0.15, 0.2) is 11.6 Å². The number of carbonyl (C=O) groups excluding carboxylic acids is 1. The van der Waals surface area contributed by atoms with E-state index in [-0.39, 0.29) is 24.5 Å². The third-order valence-corrected chi connectivity index (χ3v) is 2.99. The molecule has 0 aliphatic heterocycles. The summed E-state index contributed by atoms with van der Waals surface area (Å²) < 4.78 is 5.39. The second kappa shape index (κ2) is 7.34. The first-order valence-corrected chi connectivity index (χ1v) is 6.22. The molecule has 0 fully saturated rings. The molecule has 0 heterocycles. The Bertz CT molecular complexity index is 397. The topological polar surface area (TPSA) is 142 Å². The maximum Gasteiger partial charge on any atom is 0.331 e. The van der Waals surface area contributed by atoms with Gasteiger partial charge >= 0.3 is 5.97 Å². The van der Waals surface area contributed by atoms with Crippen LogP contribution >= 0.6 is 0 Å². The molecule has 114 valence electrons. The highest BCUT2D eigenvalue weighted by atomic mass is 16.5. The Hall–Kier alpha value is -1.48. The molecule has 0 bridgehead atoms. The molecule has 4 atom stereocenters. The molecule has 0 aromatic rings. The third kappa shape index (κ3) is 4.57. The molecule has 1 aliphatic carbocycles. The van der Waals surface area contributed by atoms with E-state index in [1.165, 1.54) is 13.0 Å². The van der Waals surface area contributed by atoms with Crippen molar-refractivity contribution in [3.63, 3.8) is 0 Å². The van der Waals surface area contributed by atoms with Crippen molar-refractivity contribution in [1.29, 1.82) is 0 Å². The summed E-state index contributed by atoms with van der Waals surface area (Å²) in [4.78, 5) is 22.2. The lowest BCUT2D eigenvalue weighted by Crippen LogP contribution is -2.56. The van der Waals surface area contributed by atoms with Gasteiger partial charge in [0.05, 0.1) is 25.4 Å². The average molecular weight is 288 g/mol. The van der Waals surface area contributed by atoms with Crippen molar-refractivity contribution in [2.45, 2.75) is 37.6 Å². The second-order valence-electron chi connectivity index (χ2n) is 4.71. The summed E-state index contributed by atoms with van der Waals surface area (Å²) in [5, 5.41) is 29.6. The number of nitrogens with two attached hydrogens (primary N) is 1. The Morgan fingerprint density at radius 2 is 2.25 bits per heavy atom.